The van der Waals surface area contributed by atoms with E-state index in [1.165, 1.54) is 24.3 Å². The first kappa shape index (κ1) is 17.4. The first-order valence-electron chi connectivity index (χ1n) is 7.86. The van der Waals surface area contributed by atoms with Gasteiger partial charge >= 0.3 is 5.97 Å². The Morgan fingerprint density at radius 3 is 2.81 bits per heavy atom. The van der Waals surface area contributed by atoms with Crippen molar-refractivity contribution in [1.82, 2.24) is 0 Å². The number of hydrogen-bond acceptors (Lipinski definition) is 7. The zero-order valence-corrected chi connectivity index (χ0v) is 14.2. The van der Waals surface area contributed by atoms with Crippen LogP contribution in [0, 0.1) is 10.1 Å². The molecule has 0 radical (unpaired) electrons. The van der Waals surface area contributed by atoms with Crippen LogP contribution in [0.3, 0.4) is 0 Å². The lowest BCUT2D eigenvalue weighted by Gasteiger charge is -2.24. The number of carbonyl (C=O) groups excluding carboxylic acids is 1. The Kier molecular flexibility index (Phi) is 4.83. The zero-order chi connectivity index (χ0) is 18.7. The fourth-order valence-corrected chi connectivity index (χ4v) is 2.64. The molecule has 0 unspecified atom stereocenters. The van der Waals surface area contributed by atoms with Crippen LogP contribution in [0.25, 0.3) is 0 Å². The highest BCUT2D eigenvalue weighted by atomic mass is 16.7. The Bertz CT molecular complexity index is 893. The van der Waals surface area contributed by atoms with Crippen molar-refractivity contribution in [3.63, 3.8) is 0 Å². The number of nitrogens with zero attached hydrogens (tertiary/aromatic N) is 2. The highest BCUT2D eigenvalue weighted by molar-refractivity contribution is 6.04. The minimum atomic E-state index is -0.890. The lowest BCUT2D eigenvalue weighted by Crippen LogP contribution is -2.25. The van der Waals surface area contributed by atoms with E-state index in [1.807, 2.05) is 6.92 Å². The van der Waals surface area contributed by atoms with Crippen molar-refractivity contribution >= 4 is 17.4 Å². The second kappa shape index (κ2) is 7.22. The standard InChI is InChI=1S/C18H16N2O6/c1-11-9-15(13-8-7-12(24-2)10-17(13)25-11)19-26-18(21)14-5-3-4-6-16(14)20(22)23/h3-8,10-11H,9H2,1-2H3/b19-15+/t11-/m0/s1. The molecule has 0 saturated heterocycles. The average molecular weight is 356 g/mol. The fraction of sp³-hybridized carbons (Fsp3) is 0.222. The van der Waals surface area contributed by atoms with Crippen molar-refractivity contribution in [3.05, 3.63) is 63.7 Å². The molecule has 134 valence electrons. The predicted molar refractivity (Wildman–Crippen MR) is 92.7 cm³/mol. The van der Waals surface area contributed by atoms with Crippen LogP contribution in [0.5, 0.6) is 11.5 Å². The fourth-order valence-electron chi connectivity index (χ4n) is 2.64. The monoisotopic (exact) mass is 356 g/mol. The van der Waals surface area contributed by atoms with Crippen LogP contribution in [-0.4, -0.2) is 29.8 Å². The van der Waals surface area contributed by atoms with E-state index in [1.54, 1.807) is 25.3 Å². The van der Waals surface area contributed by atoms with Crippen LogP contribution in [0.1, 0.15) is 29.3 Å². The van der Waals surface area contributed by atoms with E-state index in [0.717, 1.165) is 0 Å². The summed E-state index contributed by atoms with van der Waals surface area (Å²) in [5, 5.41) is 15.0. The molecule has 0 saturated carbocycles. The maximum Gasteiger partial charge on any atom is 0.372 e. The summed E-state index contributed by atoms with van der Waals surface area (Å²) in [4.78, 5) is 27.6. The number of para-hydroxylation sites is 1. The van der Waals surface area contributed by atoms with Gasteiger partial charge in [-0.2, -0.15) is 0 Å². The van der Waals surface area contributed by atoms with Gasteiger partial charge in [-0.05, 0) is 25.1 Å². The molecule has 1 aliphatic heterocycles. The van der Waals surface area contributed by atoms with Gasteiger partial charge in [-0.25, -0.2) is 4.79 Å². The van der Waals surface area contributed by atoms with Crippen molar-refractivity contribution < 1.29 is 24.0 Å². The Hall–Kier alpha value is -3.42. The van der Waals surface area contributed by atoms with E-state index < -0.39 is 10.9 Å². The van der Waals surface area contributed by atoms with Crippen LogP contribution in [0.2, 0.25) is 0 Å². The summed E-state index contributed by atoms with van der Waals surface area (Å²) < 4.78 is 10.9. The number of carbonyl (C=O) groups is 1. The average Bonchev–Trinajstić information content (AvgIpc) is 2.65. The third-order valence-electron chi connectivity index (χ3n) is 3.87. The predicted octanol–water partition coefficient (Wildman–Crippen LogP) is 3.34. The van der Waals surface area contributed by atoms with Gasteiger partial charge in [-0.3, -0.25) is 10.1 Å². The van der Waals surface area contributed by atoms with E-state index in [2.05, 4.69) is 5.16 Å². The second-order valence-electron chi connectivity index (χ2n) is 5.69. The van der Waals surface area contributed by atoms with Gasteiger partial charge in [0.25, 0.3) is 5.69 Å². The number of nitro benzene ring substituents is 1. The molecule has 1 heterocycles. The van der Waals surface area contributed by atoms with Crippen LogP contribution < -0.4 is 9.47 Å². The molecule has 0 aliphatic carbocycles. The summed E-state index contributed by atoms with van der Waals surface area (Å²) in [6.07, 6.45) is 0.266. The summed E-state index contributed by atoms with van der Waals surface area (Å²) >= 11 is 0. The van der Waals surface area contributed by atoms with Crippen molar-refractivity contribution in [2.45, 2.75) is 19.4 Å². The SMILES string of the molecule is COc1ccc2c(c1)O[C@@H](C)C/C2=N\OC(=O)c1ccccc1[N+](=O)[O-]. The summed E-state index contributed by atoms with van der Waals surface area (Å²) in [5.41, 5.74) is 0.715. The Labute approximate surface area is 149 Å². The minimum absolute atomic E-state index is 0.156. The van der Waals surface area contributed by atoms with Crippen molar-refractivity contribution in [1.29, 1.82) is 0 Å². The van der Waals surface area contributed by atoms with Gasteiger partial charge in [0.2, 0.25) is 0 Å². The van der Waals surface area contributed by atoms with Gasteiger partial charge in [0, 0.05) is 24.1 Å². The van der Waals surface area contributed by atoms with Crippen molar-refractivity contribution in [2.75, 3.05) is 7.11 Å². The normalized spacial score (nSPS) is 17.2. The summed E-state index contributed by atoms with van der Waals surface area (Å²) in [6.45, 7) is 1.86. The van der Waals surface area contributed by atoms with Crippen LogP contribution >= 0.6 is 0 Å². The molecule has 1 atom stereocenters. The lowest BCUT2D eigenvalue weighted by atomic mass is 10.0. The number of rotatable bonds is 4. The van der Waals surface area contributed by atoms with Gasteiger partial charge in [-0.15, -0.1) is 0 Å². The molecule has 8 heteroatoms. The molecule has 3 rings (SSSR count). The van der Waals surface area contributed by atoms with E-state index in [4.69, 9.17) is 14.3 Å². The highest BCUT2D eigenvalue weighted by Gasteiger charge is 2.25. The smallest absolute Gasteiger partial charge is 0.372 e. The molecule has 2 aromatic carbocycles. The van der Waals surface area contributed by atoms with Gasteiger partial charge in [0.1, 0.15) is 23.2 Å². The van der Waals surface area contributed by atoms with E-state index in [9.17, 15) is 14.9 Å². The molecular formula is C18H16N2O6. The van der Waals surface area contributed by atoms with Gasteiger partial charge < -0.3 is 14.3 Å². The number of fused-ring (bicyclic) bond motifs is 1. The molecule has 0 fully saturated rings. The summed E-state index contributed by atoms with van der Waals surface area (Å²) in [5.74, 6) is 0.316. The first-order chi connectivity index (χ1) is 12.5. The maximum absolute atomic E-state index is 12.2. The molecule has 2 aromatic rings. The topological polar surface area (TPSA) is 100 Å². The van der Waals surface area contributed by atoms with Crippen LogP contribution in [-0.2, 0) is 4.84 Å². The Balaban J connectivity index is 1.88. The number of hydrogen-bond donors (Lipinski definition) is 0. The molecule has 0 bridgehead atoms. The number of oxime groups is 1. The van der Waals surface area contributed by atoms with Gasteiger partial charge in [-0.1, -0.05) is 17.3 Å². The quantitative estimate of drug-likeness (QED) is 0.473. The summed E-state index contributed by atoms with van der Waals surface area (Å²) in [7, 11) is 1.55. The molecule has 0 amide bonds. The molecule has 1 aliphatic rings. The van der Waals surface area contributed by atoms with Crippen molar-refractivity contribution in [2.24, 2.45) is 5.16 Å². The third-order valence-corrected chi connectivity index (χ3v) is 3.87. The molecule has 0 aromatic heterocycles. The van der Waals surface area contributed by atoms with Gasteiger partial charge in [0.05, 0.1) is 17.7 Å². The molecule has 26 heavy (non-hydrogen) atoms. The number of benzene rings is 2. The van der Waals surface area contributed by atoms with Crippen molar-refractivity contribution in [3.8, 4) is 11.5 Å². The number of ether oxygens (including phenoxy) is 2. The number of methoxy groups -OCH3 is 1. The lowest BCUT2D eigenvalue weighted by molar-refractivity contribution is -0.385. The number of nitro groups is 1. The highest BCUT2D eigenvalue weighted by Crippen LogP contribution is 2.32. The Morgan fingerprint density at radius 1 is 1.31 bits per heavy atom. The van der Waals surface area contributed by atoms with Crippen LogP contribution in [0.4, 0.5) is 5.69 Å². The summed E-state index contributed by atoms with van der Waals surface area (Å²) in [6, 6.07) is 10.8. The van der Waals surface area contributed by atoms with Gasteiger partial charge in [0.15, 0.2) is 0 Å². The van der Waals surface area contributed by atoms with Crippen LogP contribution in [0.15, 0.2) is 47.6 Å². The zero-order valence-electron chi connectivity index (χ0n) is 14.2. The van der Waals surface area contributed by atoms with E-state index >= 15 is 0 Å². The Morgan fingerprint density at radius 2 is 2.08 bits per heavy atom. The van der Waals surface area contributed by atoms with E-state index in [-0.39, 0.29) is 17.4 Å². The molecular weight excluding hydrogens is 340 g/mol. The molecule has 0 spiro atoms. The first-order valence-corrected chi connectivity index (χ1v) is 7.86. The minimum Gasteiger partial charge on any atom is -0.497 e. The molecule has 8 nitrogen and oxygen atoms in total. The second-order valence-corrected chi connectivity index (χ2v) is 5.69. The maximum atomic E-state index is 12.2. The van der Waals surface area contributed by atoms with E-state index in [0.29, 0.717) is 29.2 Å². The molecule has 0 N–H and O–H groups in total. The largest absolute Gasteiger partial charge is 0.497 e. The third kappa shape index (κ3) is 3.49.